The zero-order chi connectivity index (χ0) is 13.9. The van der Waals surface area contributed by atoms with Crippen molar-refractivity contribution in [2.24, 2.45) is 0 Å². The number of nitrogens with zero attached hydrogens (tertiary/aromatic N) is 2. The minimum absolute atomic E-state index is 0. The normalized spacial score (nSPS) is 10.1. The number of aliphatic hydroxyl groups is 1. The number of fused-ring (bicyclic) bond motifs is 1. The van der Waals surface area contributed by atoms with Gasteiger partial charge in [0, 0.05) is 11.9 Å². The lowest BCUT2D eigenvalue weighted by atomic mass is 10.2. The molecule has 0 saturated heterocycles. The summed E-state index contributed by atoms with van der Waals surface area (Å²) in [5.41, 5.74) is 1.33. The molecule has 0 spiro atoms. The monoisotopic (exact) mass is 283 g/mol. The smallest absolute Gasteiger partial charge is 0.265 e. The number of hydrogen-bond acceptors (Lipinski definition) is 4. The average molecular weight is 283 g/mol. The molecule has 1 aromatic carbocycles. The van der Waals surface area contributed by atoms with E-state index in [1.165, 1.54) is 4.40 Å². The van der Waals surface area contributed by atoms with Crippen molar-refractivity contribution < 1.29 is 5.11 Å². The molecule has 0 amide bonds. The van der Waals surface area contributed by atoms with Crippen molar-refractivity contribution in [3.63, 3.8) is 0 Å². The molecule has 2 N–H and O–H groups in total. The standard InChI is InChI=1S/C15H13N3O2.CH4/c19-10-12-14(16-11-6-2-1-3-7-11)17-13-8-4-5-9-18(13)15(12)20;/h1-9,16,19H,10H2;1H4. The molecular weight excluding hydrogens is 266 g/mol. The van der Waals surface area contributed by atoms with Crippen LogP contribution in [0.3, 0.4) is 0 Å². The Morgan fingerprint density at radius 2 is 1.81 bits per heavy atom. The van der Waals surface area contributed by atoms with Crippen LogP contribution in [0.25, 0.3) is 5.65 Å². The van der Waals surface area contributed by atoms with E-state index in [9.17, 15) is 9.90 Å². The summed E-state index contributed by atoms with van der Waals surface area (Å²) in [6.07, 6.45) is 1.64. The fourth-order valence-corrected chi connectivity index (χ4v) is 2.03. The van der Waals surface area contributed by atoms with E-state index < -0.39 is 0 Å². The van der Waals surface area contributed by atoms with E-state index in [-0.39, 0.29) is 25.2 Å². The predicted molar refractivity (Wildman–Crippen MR) is 83.8 cm³/mol. The number of hydrogen-bond donors (Lipinski definition) is 2. The van der Waals surface area contributed by atoms with Gasteiger partial charge in [-0.05, 0) is 24.3 Å². The molecule has 0 fully saturated rings. The lowest BCUT2D eigenvalue weighted by Gasteiger charge is -2.11. The summed E-state index contributed by atoms with van der Waals surface area (Å²) in [6, 6.07) is 14.7. The maximum Gasteiger partial charge on any atom is 0.265 e. The summed E-state index contributed by atoms with van der Waals surface area (Å²) < 4.78 is 1.42. The summed E-state index contributed by atoms with van der Waals surface area (Å²) in [7, 11) is 0. The third kappa shape index (κ3) is 2.78. The Balaban J connectivity index is 0.00000161. The molecule has 2 heterocycles. The highest BCUT2D eigenvalue weighted by atomic mass is 16.3. The van der Waals surface area contributed by atoms with Crippen molar-refractivity contribution in [1.29, 1.82) is 0 Å². The molecule has 5 heteroatoms. The van der Waals surface area contributed by atoms with Crippen LogP contribution in [0, 0.1) is 0 Å². The average Bonchev–Trinajstić information content (AvgIpc) is 2.49. The molecule has 5 nitrogen and oxygen atoms in total. The van der Waals surface area contributed by atoms with Gasteiger partial charge >= 0.3 is 0 Å². The molecule has 21 heavy (non-hydrogen) atoms. The first-order chi connectivity index (χ1) is 9.79. The summed E-state index contributed by atoms with van der Waals surface area (Å²) in [5, 5.41) is 12.5. The zero-order valence-corrected chi connectivity index (χ0v) is 10.7. The highest BCUT2D eigenvalue weighted by Gasteiger charge is 2.11. The van der Waals surface area contributed by atoms with Crippen LogP contribution in [0.1, 0.15) is 13.0 Å². The van der Waals surface area contributed by atoms with Crippen LogP contribution in [-0.2, 0) is 6.61 Å². The van der Waals surface area contributed by atoms with Gasteiger partial charge in [0.15, 0.2) is 0 Å². The first-order valence-electron chi connectivity index (χ1n) is 6.23. The van der Waals surface area contributed by atoms with Crippen LogP contribution >= 0.6 is 0 Å². The van der Waals surface area contributed by atoms with Gasteiger partial charge in [-0.25, -0.2) is 4.98 Å². The number of aromatic nitrogens is 2. The molecule has 2 aromatic heterocycles. The SMILES string of the molecule is C.O=c1c(CO)c(Nc2ccccc2)nc2ccccn12. The van der Waals surface area contributed by atoms with Gasteiger partial charge in [0.05, 0.1) is 12.2 Å². The number of anilines is 2. The Kier molecular flexibility index (Phi) is 4.35. The Labute approximate surface area is 122 Å². The lowest BCUT2D eigenvalue weighted by molar-refractivity contribution is 0.280. The molecule has 0 saturated carbocycles. The van der Waals surface area contributed by atoms with Crippen LogP contribution in [-0.4, -0.2) is 14.5 Å². The van der Waals surface area contributed by atoms with Crippen LogP contribution in [0.2, 0.25) is 0 Å². The number of aliphatic hydroxyl groups excluding tert-OH is 1. The third-order valence-corrected chi connectivity index (χ3v) is 3.02. The number of para-hydroxylation sites is 1. The van der Waals surface area contributed by atoms with Crippen LogP contribution in [0.4, 0.5) is 11.5 Å². The van der Waals surface area contributed by atoms with Crippen molar-refractivity contribution in [1.82, 2.24) is 9.38 Å². The molecule has 0 atom stereocenters. The fourth-order valence-electron chi connectivity index (χ4n) is 2.03. The minimum Gasteiger partial charge on any atom is -0.391 e. The Bertz CT molecular complexity index is 797. The van der Waals surface area contributed by atoms with E-state index in [0.29, 0.717) is 11.5 Å². The summed E-state index contributed by atoms with van der Waals surface area (Å²) in [6.45, 7) is -0.362. The molecule has 3 rings (SSSR count). The second-order valence-corrected chi connectivity index (χ2v) is 4.32. The van der Waals surface area contributed by atoms with Crippen molar-refractivity contribution in [3.05, 3.63) is 70.6 Å². The Morgan fingerprint density at radius 1 is 1.10 bits per heavy atom. The van der Waals surface area contributed by atoms with Gasteiger partial charge in [0.1, 0.15) is 11.5 Å². The van der Waals surface area contributed by atoms with Crippen molar-refractivity contribution in [2.75, 3.05) is 5.32 Å². The van der Waals surface area contributed by atoms with Gasteiger partial charge in [-0.3, -0.25) is 9.20 Å². The highest BCUT2D eigenvalue weighted by Crippen LogP contribution is 2.17. The summed E-state index contributed by atoms with van der Waals surface area (Å²) in [5.74, 6) is 0.384. The van der Waals surface area contributed by atoms with Gasteiger partial charge in [0.2, 0.25) is 0 Å². The van der Waals surface area contributed by atoms with E-state index in [1.807, 2.05) is 36.4 Å². The predicted octanol–water partition coefficient (Wildman–Crippen LogP) is 2.57. The van der Waals surface area contributed by atoms with Gasteiger partial charge in [-0.2, -0.15) is 0 Å². The van der Waals surface area contributed by atoms with Crippen LogP contribution < -0.4 is 10.9 Å². The van der Waals surface area contributed by atoms with Crippen molar-refractivity contribution in [2.45, 2.75) is 14.0 Å². The van der Waals surface area contributed by atoms with Gasteiger partial charge in [-0.1, -0.05) is 31.7 Å². The first-order valence-corrected chi connectivity index (χ1v) is 6.23. The lowest BCUT2D eigenvalue weighted by Crippen LogP contribution is -2.21. The quantitative estimate of drug-likeness (QED) is 0.775. The molecular formula is C16H17N3O2. The number of pyridine rings is 1. The molecule has 0 unspecified atom stereocenters. The molecule has 0 bridgehead atoms. The second-order valence-electron chi connectivity index (χ2n) is 4.32. The van der Waals surface area contributed by atoms with Crippen molar-refractivity contribution in [3.8, 4) is 0 Å². The number of benzene rings is 1. The highest BCUT2D eigenvalue weighted by molar-refractivity contribution is 5.61. The number of rotatable bonds is 3. The molecule has 0 aliphatic carbocycles. The van der Waals surface area contributed by atoms with E-state index in [0.717, 1.165) is 5.69 Å². The Hall–Kier alpha value is -2.66. The maximum atomic E-state index is 12.3. The molecule has 0 aliphatic heterocycles. The largest absolute Gasteiger partial charge is 0.391 e. The van der Waals surface area contributed by atoms with E-state index >= 15 is 0 Å². The third-order valence-electron chi connectivity index (χ3n) is 3.02. The maximum absolute atomic E-state index is 12.3. The number of nitrogens with one attached hydrogen (secondary N) is 1. The van der Waals surface area contributed by atoms with Crippen molar-refractivity contribution >= 4 is 17.2 Å². The van der Waals surface area contributed by atoms with Gasteiger partial charge < -0.3 is 10.4 Å². The zero-order valence-electron chi connectivity index (χ0n) is 10.7. The minimum atomic E-state index is -0.362. The molecule has 108 valence electrons. The molecule has 3 aromatic rings. The second kappa shape index (κ2) is 6.19. The van der Waals surface area contributed by atoms with E-state index in [4.69, 9.17) is 0 Å². The topological polar surface area (TPSA) is 66.6 Å². The van der Waals surface area contributed by atoms with Crippen LogP contribution in [0.5, 0.6) is 0 Å². The fraction of sp³-hybridized carbons (Fsp3) is 0.125. The first kappa shape index (κ1) is 14.7. The summed E-state index contributed by atoms with van der Waals surface area (Å²) >= 11 is 0. The van der Waals surface area contributed by atoms with E-state index in [2.05, 4.69) is 10.3 Å². The van der Waals surface area contributed by atoms with Gasteiger partial charge in [0.25, 0.3) is 5.56 Å². The van der Waals surface area contributed by atoms with E-state index in [1.54, 1.807) is 18.3 Å². The molecule has 0 radical (unpaired) electrons. The summed E-state index contributed by atoms with van der Waals surface area (Å²) in [4.78, 5) is 16.7. The van der Waals surface area contributed by atoms with Crippen LogP contribution in [0.15, 0.2) is 59.5 Å². The molecule has 0 aliphatic rings. The Morgan fingerprint density at radius 3 is 2.52 bits per heavy atom. The van der Waals surface area contributed by atoms with Gasteiger partial charge in [-0.15, -0.1) is 0 Å².